The van der Waals surface area contributed by atoms with Crippen LogP contribution in [0, 0.1) is 16.7 Å². The smallest absolute Gasteiger partial charge is 0.118 e. The summed E-state index contributed by atoms with van der Waals surface area (Å²) in [5, 5.41) is 19.2. The number of hydrogen-bond acceptors (Lipinski definition) is 3. The van der Waals surface area contributed by atoms with Crippen molar-refractivity contribution in [3.63, 3.8) is 0 Å². The quantitative estimate of drug-likeness (QED) is 0.847. The summed E-state index contributed by atoms with van der Waals surface area (Å²) in [5.74, 6) is 0.742. The Morgan fingerprint density at radius 1 is 1.44 bits per heavy atom. The van der Waals surface area contributed by atoms with Crippen LogP contribution in [0.3, 0.4) is 0 Å². The maximum Gasteiger partial charge on any atom is 0.118 e. The minimum atomic E-state index is -0.770. The lowest BCUT2D eigenvalue weighted by atomic mass is 9.80. The van der Waals surface area contributed by atoms with E-state index in [9.17, 15) is 5.11 Å². The van der Waals surface area contributed by atoms with Crippen molar-refractivity contribution < 1.29 is 9.84 Å². The Hall–Kier alpha value is -1.53. The van der Waals surface area contributed by atoms with Gasteiger partial charge in [-0.3, -0.25) is 0 Å². The molecule has 2 atom stereocenters. The molecule has 0 spiro atoms. The van der Waals surface area contributed by atoms with Gasteiger partial charge in [-0.2, -0.15) is 5.26 Å². The molecule has 0 radical (unpaired) electrons. The Balaban J connectivity index is 2.96. The van der Waals surface area contributed by atoms with Crippen molar-refractivity contribution in [3.8, 4) is 11.8 Å². The highest BCUT2D eigenvalue weighted by Crippen LogP contribution is 2.36. The van der Waals surface area contributed by atoms with Crippen LogP contribution in [0.4, 0.5) is 0 Å². The van der Waals surface area contributed by atoms with Crippen molar-refractivity contribution in [1.82, 2.24) is 0 Å². The van der Waals surface area contributed by atoms with E-state index in [1.165, 1.54) is 0 Å². The number of hydrogen-bond donors (Lipinski definition) is 1. The molecule has 0 saturated heterocycles. The Morgan fingerprint density at radius 3 is 2.38 bits per heavy atom. The molecule has 0 aliphatic carbocycles. The highest BCUT2D eigenvalue weighted by molar-refractivity contribution is 5.30. The molecular weight excluding hydrogens is 202 g/mol. The van der Waals surface area contributed by atoms with Gasteiger partial charge in [0, 0.05) is 0 Å². The lowest BCUT2D eigenvalue weighted by Gasteiger charge is -2.26. The zero-order valence-electron chi connectivity index (χ0n) is 9.90. The van der Waals surface area contributed by atoms with Gasteiger partial charge in [0.1, 0.15) is 5.75 Å². The Bertz CT molecular complexity index is 380. The normalized spacial score (nSPS) is 15.9. The molecule has 0 aromatic heterocycles. The van der Waals surface area contributed by atoms with Crippen LogP contribution in [0.2, 0.25) is 0 Å². The van der Waals surface area contributed by atoms with Crippen LogP contribution in [-0.4, -0.2) is 12.2 Å². The number of benzene rings is 1. The van der Waals surface area contributed by atoms with Gasteiger partial charge < -0.3 is 9.84 Å². The molecule has 1 N–H and O–H groups in total. The van der Waals surface area contributed by atoms with Gasteiger partial charge in [-0.15, -0.1) is 0 Å². The molecule has 3 nitrogen and oxygen atoms in total. The standard InChI is InChI=1S/C13H17NO2/c1-4-13(2,9-14)12(15)10-5-7-11(16-3)8-6-10/h5-8,12,15H,4H2,1-3H3. The number of aliphatic hydroxyl groups is 1. The second-order valence-corrected chi connectivity index (χ2v) is 4.06. The van der Waals surface area contributed by atoms with E-state index < -0.39 is 11.5 Å². The average molecular weight is 219 g/mol. The van der Waals surface area contributed by atoms with Crippen LogP contribution in [0.1, 0.15) is 31.9 Å². The third kappa shape index (κ3) is 2.34. The van der Waals surface area contributed by atoms with Crippen LogP contribution >= 0.6 is 0 Å². The molecule has 16 heavy (non-hydrogen) atoms. The number of nitriles is 1. The van der Waals surface area contributed by atoms with E-state index in [1.807, 2.05) is 6.92 Å². The summed E-state index contributed by atoms with van der Waals surface area (Å²) in [6.45, 7) is 3.66. The molecule has 1 aromatic carbocycles. The summed E-state index contributed by atoms with van der Waals surface area (Å²) in [7, 11) is 1.59. The van der Waals surface area contributed by atoms with Crippen molar-refractivity contribution in [1.29, 1.82) is 5.26 Å². The SMILES string of the molecule is CCC(C)(C#N)C(O)c1ccc(OC)cc1. The second-order valence-electron chi connectivity index (χ2n) is 4.06. The predicted molar refractivity (Wildman–Crippen MR) is 62.0 cm³/mol. The molecule has 0 bridgehead atoms. The van der Waals surface area contributed by atoms with Gasteiger partial charge in [-0.1, -0.05) is 19.1 Å². The van der Waals surface area contributed by atoms with Crippen LogP contribution in [0.15, 0.2) is 24.3 Å². The fourth-order valence-electron chi connectivity index (χ4n) is 1.49. The maximum atomic E-state index is 10.1. The lowest BCUT2D eigenvalue weighted by molar-refractivity contribution is 0.0722. The molecule has 2 unspecified atom stereocenters. The minimum Gasteiger partial charge on any atom is -0.497 e. The Labute approximate surface area is 96.3 Å². The third-order valence-electron chi connectivity index (χ3n) is 3.02. The molecule has 86 valence electrons. The van der Waals surface area contributed by atoms with Gasteiger partial charge in [0.05, 0.1) is 24.7 Å². The average Bonchev–Trinajstić information content (AvgIpc) is 2.37. The fourth-order valence-corrected chi connectivity index (χ4v) is 1.49. The van der Waals surface area contributed by atoms with Crippen LogP contribution in [-0.2, 0) is 0 Å². The number of ether oxygens (including phenoxy) is 1. The molecule has 0 aliphatic rings. The van der Waals surface area contributed by atoms with Gasteiger partial charge in [0.25, 0.3) is 0 Å². The highest BCUT2D eigenvalue weighted by Gasteiger charge is 2.32. The Morgan fingerprint density at radius 2 is 2.00 bits per heavy atom. The molecule has 1 aromatic rings. The first-order chi connectivity index (χ1) is 7.57. The summed E-state index contributed by atoms with van der Waals surface area (Å²) in [6, 6.07) is 9.31. The van der Waals surface area contributed by atoms with Crippen LogP contribution in [0.25, 0.3) is 0 Å². The summed E-state index contributed by atoms with van der Waals surface area (Å²) >= 11 is 0. The van der Waals surface area contributed by atoms with E-state index in [0.717, 1.165) is 11.3 Å². The van der Waals surface area contributed by atoms with E-state index in [2.05, 4.69) is 6.07 Å². The van der Waals surface area contributed by atoms with Crippen LogP contribution in [0.5, 0.6) is 5.75 Å². The fraction of sp³-hybridized carbons (Fsp3) is 0.462. The summed E-state index contributed by atoms with van der Waals surface area (Å²) in [4.78, 5) is 0. The van der Waals surface area contributed by atoms with E-state index in [4.69, 9.17) is 10.00 Å². The number of aliphatic hydroxyl groups excluding tert-OH is 1. The van der Waals surface area contributed by atoms with Crippen molar-refractivity contribution in [2.45, 2.75) is 26.4 Å². The van der Waals surface area contributed by atoms with E-state index in [-0.39, 0.29) is 0 Å². The molecule has 0 amide bonds. The monoisotopic (exact) mass is 219 g/mol. The molecule has 3 heteroatoms. The minimum absolute atomic E-state index is 0.608. The van der Waals surface area contributed by atoms with Gasteiger partial charge in [-0.05, 0) is 31.0 Å². The molecule has 0 heterocycles. The van der Waals surface area contributed by atoms with Crippen molar-refractivity contribution >= 4 is 0 Å². The summed E-state index contributed by atoms with van der Waals surface area (Å²) in [5.41, 5.74) is 0.000835. The van der Waals surface area contributed by atoms with E-state index in [0.29, 0.717) is 6.42 Å². The third-order valence-corrected chi connectivity index (χ3v) is 3.02. The first-order valence-corrected chi connectivity index (χ1v) is 5.30. The van der Waals surface area contributed by atoms with Gasteiger partial charge in [0.2, 0.25) is 0 Å². The van der Waals surface area contributed by atoms with Gasteiger partial charge >= 0.3 is 0 Å². The topological polar surface area (TPSA) is 53.2 Å². The van der Waals surface area contributed by atoms with Crippen molar-refractivity contribution in [2.75, 3.05) is 7.11 Å². The largest absolute Gasteiger partial charge is 0.497 e. The molecule has 0 aliphatic heterocycles. The molecule has 0 saturated carbocycles. The number of nitrogens with zero attached hydrogens (tertiary/aromatic N) is 1. The molecule has 0 fully saturated rings. The number of methoxy groups -OCH3 is 1. The zero-order chi connectivity index (χ0) is 12.2. The highest BCUT2D eigenvalue weighted by atomic mass is 16.5. The predicted octanol–water partition coefficient (Wildman–Crippen LogP) is 2.67. The lowest BCUT2D eigenvalue weighted by Crippen LogP contribution is -2.22. The van der Waals surface area contributed by atoms with E-state index in [1.54, 1.807) is 38.3 Å². The maximum absolute atomic E-state index is 10.1. The van der Waals surface area contributed by atoms with Gasteiger partial charge in [0.15, 0.2) is 0 Å². The van der Waals surface area contributed by atoms with Crippen molar-refractivity contribution in [2.24, 2.45) is 5.41 Å². The number of rotatable bonds is 4. The first kappa shape index (κ1) is 12.5. The summed E-state index contributed by atoms with van der Waals surface area (Å²) in [6.07, 6.45) is -0.162. The zero-order valence-corrected chi connectivity index (χ0v) is 9.90. The van der Waals surface area contributed by atoms with Crippen molar-refractivity contribution in [3.05, 3.63) is 29.8 Å². The van der Waals surface area contributed by atoms with Crippen LogP contribution < -0.4 is 4.74 Å². The second kappa shape index (κ2) is 5.00. The summed E-state index contributed by atoms with van der Waals surface area (Å²) < 4.78 is 5.04. The van der Waals surface area contributed by atoms with Gasteiger partial charge in [-0.25, -0.2) is 0 Å². The van der Waals surface area contributed by atoms with E-state index >= 15 is 0 Å². The Kier molecular flexibility index (Phi) is 3.92. The first-order valence-electron chi connectivity index (χ1n) is 5.30. The molecule has 1 rings (SSSR count). The molecular formula is C13H17NO2.